The lowest BCUT2D eigenvalue weighted by Gasteiger charge is -2.16. The number of pyridine rings is 1. The first-order valence-electron chi connectivity index (χ1n) is 7.96. The zero-order chi connectivity index (χ0) is 14.8. The van der Waals surface area contributed by atoms with Crippen molar-refractivity contribution >= 4 is 0 Å². The van der Waals surface area contributed by atoms with Crippen LogP contribution in [0.4, 0.5) is 0 Å². The fourth-order valence-electron chi connectivity index (χ4n) is 2.06. The summed E-state index contributed by atoms with van der Waals surface area (Å²) in [4.78, 5) is 4.37. The minimum absolute atomic E-state index is 0.472. The SMILES string of the molecule is CCCCC(CC)COc1ccnc(CNC(C)C)c1. The molecule has 1 heterocycles. The van der Waals surface area contributed by atoms with Crippen molar-refractivity contribution in [2.24, 2.45) is 5.92 Å². The summed E-state index contributed by atoms with van der Waals surface area (Å²) in [6.45, 7) is 10.4. The number of aromatic nitrogens is 1. The molecule has 3 nitrogen and oxygen atoms in total. The Kier molecular flexibility index (Phi) is 8.28. The Balaban J connectivity index is 2.44. The van der Waals surface area contributed by atoms with Gasteiger partial charge in [0.05, 0.1) is 12.3 Å². The maximum absolute atomic E-state index is 5.94. The highest BCUT2D eigenvalue weighted by molar-refractivity contribution is 5.22. The van der Waals surface area contributed by atoms with Gasteiger partial charge in [-0.15, -0.1) is 0 Å². The lowest BCUT2D eigenvalue weighted by Crippen LogP contribution is -2.22. The average Bonchev–Trinajstić information content (AvgIpc) is 2.46. The van der Waals surface area contributed by atoms with Gasteiger partial charge in [-0.05, 0) is 18.4 Å². The fraction of sp³-hybridized carbons (Fsp3) is 0.706. The van der Waals surface area contributed by atoms with E-state index in [4.69, 9.17) is 4.74 Å². The van der Waals surface area contributed by atoms with Crippen molar-refractivity contribution in [1.82, 2.24) is 10.3 Å². The molecule has 114 valence electrons. The third kappa shape index (κ3) is 6.90. The summed E-state index contributed by atoms with van der Waals surface area (Å²) in [6.07, 6.45) is 6.84. The van der Waals surface area contributed by atoms with E-state index in [1.54, 1.807) is 0 Å². The number of nitrogens with one attached hydrogen (secondary N) is 1. The Morgan fingerprint density at radius 2 is 2.10 bits per heavy atom. The highest BCUT2D eigenvalue weighted by atomic mass is 16.5. The molecule has 0 saturated heterocycles. The first-order chi connectivity index (χ1) is 9.65. The van der Waals surface area contributed by atoms with Crippen molar-refractivity contribution in [2.75, 3.05) is 6.61 Å². The smallest absolute Gasteiger partial charge is 0.122 e. The van der Waals surface area contributed by atoms with E-state index in [9.17, 15) is 0 Å². The second-order valence-electron chi connectivity index (χ2n) is 5.75. The molecule has 3 heteroatoms. The van der Waals surface area contributed by atoms with Crippen molar-refractivity contribution in [2.45, 2.75) is 66.0 Å². The normalized spacial score (nSPS) is 12.7. The molecule has 1 atom stereocenters. The van der Waals surface area contributed by atoms with E-state index in [-0.39, 0.29) is 0 Å². The third-order valence-corrected chi connectivity index (χ3v) is 3.51. The molecule has 0 aliphatic carbocycles. The molecule has 0 spiro atoms. The maximum atomic E-state index is 5.94. The van der Waals surface area contributed by atoms with Gasteiger partial charge in [0.15, 0.2) is 0 Å². The van der Waals surface area contributed by atoms with Crippen LogP contribution in [0.2, 0.25) is 0 Å². The van der Waals surface area contributed by atoms with E-state index in [1.165, 1.54) is 25.7 Å². The maximum Gasteiger partial charge on any atom is 0.122 e. The Bertz CT molecular complexity index is 366. The van der Waals surface area contributed by atoms with Crippen LogP contribution in [0, 0.1) is 5.92 Å². The average molecular weight is 278 g/mol. The number of unbranched alkanes of at least 4 members (excludes halogenated alkanes) is 1. The number of hydrogen-bond donors (Lipinski definition) is 1. The van der Waals surface area contributed by atoms with E-state index in [2.05, 4.69) is 38.0 Å². The van der Waals surface area contributed by atoms with Crippen LogP contribution in [0.5, 0.6) is 5.75 Å². The zero-order valence-electron chi connectivity index (χ0n) is 13.5. The third-order valence-electron chi connectivity index (χ3n) is 3.51. The van der Waals surface area contributed by atoms with Gasteiger partial charge in [0.2, 0.25) is 0 Å². The van der Waals surface area contributed by atoms with Crippen molar-refractivity contribution in [3.8, 4) is 5.75 Å². The summed E-state index contributed by atoms with van der Waals surface area (Å²) in [5.41, 5.74) is 1.04. The van der Waals surface area contributed by atoms with Crippen LogP contribution in [-0.2, 0) is 6.54 Å². The first kappa shape index (κ1) is 17.0. The van der Waals surface area contributed by atoms with Crippen LogP contribution in [0.1, 0.15) is 59.1 Å². The molecular formula is C17H30N2O. The molecule has 0 saturated carbocycles. The van der Waals surface area contributed by atoms with Crippen molar-refractivity contribution < 1.29 is 4.74 Å². The summed E-state index contributed by atoms with van der Waals surface area (Å²) in [5, 5.41) is 3.37. The molecule has 0 radical (unpaired) electrons. The van der Waals surface area contributed by atoms with Gasteiger partial charge in [-0.3, -0.25) is 4.98 Å². The van der Waals surface area contributed by atoms with Crippen LogP contribution in [0.25, 0.3) is 0 Å². The topological polar surface area (TPSA) is 34.1 Å². The van der Waals surface area contributed by atoms with E-state index < -0.39 is 0 Å². The Morgan fingerprint density at radius 3 is 2.75 bits per heavy atom. The zero-order valence-corrected chi connectivity index (χ0v) is 13.5. The summed E-state index contributed by atoms with van der Waals surface area (Å²) >= 11 is 0. The molecule has 0 aromatic carbocycles. The molecule has 0 bridgehead atoms. The summed E-state index contributed by atoms with van der Waals surface area (Å²) in [6, 6.07) is 4.47. The fourth-order valence-corrected chi connectivity index (χ4v) is 2.06. The van der Waals surface area contributed by atoms with Crippen molar-refractivity contribution in [1.29, 1.82) is 0 Å². The predicted octanol–water partition coefficient (Wildman–Crippen LogP) is 4.17. The van der Waals surface area contributed by atoms with Crippen LogP contribution in [0.3, 0.4) is 0 Å². The second kappa shape index (κ2) is 9.76. The van der Waals surface area contributed by atoms with Gasteiger partial charge < -0.3 is 10.1 Å². The Hall–Kier alpha value is -1.09. The minimum Gasteiger partial charge on any atom is -0.493 e. The molecule has 1 aromatic heterocycles. The number of ether oxygens (including phenoxy) is 1. The standard InChI is InChI=1S/C17H30N2O/c1-5-7-8-15(6-2)13-20-17-9-10-18-16(11-17)12-19-14(3)4/h9-11,14-15,19H,5-8,12-13H2,1-4H3. The van der Waals surface area contributed by atoms with Crippen LogP contribution in [-0.4, -0.2) is 17.6 Å². The molecular weight excluding hydrogens is 248 g/mol. The second-order valence-corrected chi connectivity index (χ2v) is 5.75. The van der Waals surface area contributed by atoms with Crippen LogP contribution in [0.15, 0.2) is 18.3 Å². The minimum atomic E-state index is 0.472. The quantitative estimate of drug-likeness (QED) is 0.697. The molecule has 0 aliphatic rings. The summed E-state index contributed by atoms with van der Waals surface area (Å²) in [7, 11) is 0. The van der Waals surface area contributed by atoms with Gasteiger partial charge in [0, 0.05) is 24.8 Å². The number of rotatable bonds is 10. The Labute approximate surface area is 124 Å². The largest absolute Gasteiger partial charge is 0.493 e. The van der Waals surface area contributed by atoms with Gasteiger partial charge >= 0.3 is 0 Å². The Morgan fingerprint density at radius 1 is 1.30 bits per heavy atom. The van der Waals surface area contributed by atoms with Gasteiger partial charge in [-0.1, -0.05) is 47.0 Å². The number of hydrogen-bond acceptors (Lipinski definition) is 3. The van der Waals surface area contributed by atoms with E-state index in [0.29, 0.717) is 12.0 Å². The van der Waals surface area contributed by atoms with E-state index in [0.717, 1.165) is 24.6 Å². The lowest BCUT2D eigenvalue weighted by atomic mass is 10.0. The van der Waals surface area contributed by atoms with E-state index in [1.807, 2.05) is 18.3 Å². The van der Waals surface area contributed by atoms with Crippen LogP contribution >= 0.6 is 0 Å². The lowest BCUT2D eigenvalue weighted by molar-refractivity contribution is 0.233. The molecule has 20 heavy (non-hydrogen) atoms. The molecule has 1 unspecified atom stereocenters. The highest BCUT2D eigenvalue weighted by Gasteiger charge is 2.07. The predicted molar refractivity (Wildman–Crippen MR) is 85.0 cm³/mol. The number of nitrogens with zero attached hydrogens (tertiary/aromatic N) is 1. The summed E-state index contributed by atoms with van der Waals surface area (Å²) < 4.78 is 5.94. The molecule has 0 fully saturated rings. The van der Waals surface area contributed by atoms with Gasteiger partial charge in [0.25, 0.3) is 0 Å². The van der Waals surface area contributed by atoms with Gasteiger partial charge in [-0.2, -0.15) is 0 Å². The first-order valence-corrected chi connectivity index (χ1v) is 7.96. The van der Waals surface area contributed by atoms with Gasteiger partial charge in [-0.25, -0.2) is 0 Å². The van der Waals surface area contributed by atoms with Crippen molar-refractivity contribution in [3.63, 3.8) is 0 Å². The van der Waals surface area contributed by atoms with Crippen molar-refractivity contribution in [3.05, 3.63) is 24.0 Å². The molecule has 0 aliphatic heterocycles. The van der Waals surface area contributed by atoms with E-state index >= 15 is 0 Å². The van der Waals surface area contributed by atoms with Crippen LogP contribution < -0.4 is 10.1 Å². The molecule has 0 amide bonds. The molecule has 1 aromatic rings. The monoisotopic (exact) mass is 278 g/mol. The summed E-state index contributed by atoms with van der Waals surface area (Å²) in [5.74, 6) is 1.61. The molecule has 1 N–H and O–H groups in total. The molecule has 1 rings (SSSR count). The van der Waals surface area contributed by atoms with Gasteiger partial charge in [0.1, 0.15) is 5.75 Å². The highest BCUT2D eigenvalue weighted by Crippen LogP contribution is 2.17.